The molecule has 2 rings (SSSR count). The average Bonchev–Trinajstić information content (AvgIpc) is 2.44. The lowest BCUT2D eigenvalue weighted by atomic mass is 10.3. The Hall–Kier alpha value is -1.72. The van der Waals surface area contributed by atoms with Gasteiger partial charge in [-0.25, -0.2) is 4.39 Å². The van der Waals surface area contributed by atoms with E-state index in [1.54, 1.807) is 24.3 Å². The van der Waals surface area contributed by atoms with Gasteiger partial charge in [0.05, 0.1) is 10.7 Å². The fourth-order valence-corrected chi connectivity index (χ4v) is 2.88. The number of carbonyl (C=O) groups is 1. The van der Waals surface area contributed by atoms with Gasteiger partial charge in [0.1, 0.15) is 5.82 Å². The van der Waals surface area contributed by atoms with Crippen molar-refractivity contribution >= 4 is 40.6 Å². The van der Waals surface area contributed by atoms with Crippen LogP contribution in [0.15, 0.2) is 47.4 Å². The predicted octanol–water partition coefficient (Wildman–Crippen LogP) is 4.18. The van der Waals surface area contributed by atoms with E-state index in [1.165, 1.54) is 23.9 Å². The number of halogens is 2. The lowest BCUT2D eigenvalue weighted by Gasteiger charge is -2.07. The molecule has 0 aromatic heterocycles. The zero-order valence-electron chi connectivity index (χ0n) is 11.1. The molecule has 0 aliphatic heterocycles. The quantitative estimate of drug-likeness (QED) is 0.640. The van der Waals surface area contributed by atoms with Crippen LogP contribution < -0.4 is 11.1 Å². The van der Waals surface area contributed by atoms with Crippen molar-refractivity contribution in [1.82, 2.24) is 0 Å². The van der Waals surface area contributed by atoms with Gasteiger partial charge in [-0.1, -0.05) is 23.7 Å². The van der Waals surface area contributed by atoms with E-state index < -0.39 is 5.82 Å². The van der Waals surface area contributed by atoms with Crippen LogP contribution in [0.1, 0.15) is 6.42 Å². The molecule has 0 heterocycles. The van der Waals surface area contributed by atoms with Crippen molar-refractivity contribution in [1.29, 1.82) is 0 Å². The number of rotatable bonds is 5. The molecular formula is C15H14ClFN2OS. The molecule has 0 aliphatic carbocycles. The summed E-state index contributed by atoms with van der Waals surface area (Å²) in [4.78, 5) is 12.6. The third-order valence-electron chi connectivity index (χ3n) is 2.69. The number of nitrogens with one attached hydrogen (secondary N) is 1. The van der Waals surface area contributed by atoms with Crippen molar-refractivity contribution in [3.63, 3.8) is 0 Å². The largest absolute Gasteiger partial charge is 0.399 e. The number of anilines is 2. The molecule has 0 unspecified atom stereocenters. The Morgan fingerprint density at radius 2 is 2.05 bits per heavy atom. The van der Waals surface area contributed by atoms with Crippen molar-refractivity contribution < 1.29 is 9.18 Å². The summed E-state index contributed by atoms with van der Waals surface area (Å²) in [5.74, 6) is -0.136. The minimum atomic E-state index is -0.444. The van der Waals surface area contributed by atoms with E-state index >= 15 is 0 Å². The maximum absolute atomic E-state index is 13.4. The number of amides is 1. The van der Waals surface area contributed by atoms with Crippen LogP contribution in [0.3, 0.4) is 0 Å². The molecule has 2 aromatic carbocycles. The van der Waals surface area contributed by atoms with Crippen LogP contribution in [0.4, 0.5) is 15.8 Å². The van der Waals surface area contributed by atoms with E-state index in [0.29, 0.717) is 16.5 Å². The molecule has 0 fully saturated rings. The van der Waals surface area contributed by atoms with Crippen molar-refractivity contribution in [2.24, 2.45) is 0 Å². The highest BCUT2D eigenvalue weighted by Gasteiger charge is 2.07. The smallest absolute Gasteiger partial charge is 0.225 e. The normalized spacial score (nSPS) is 10.4. The lowest BCUT2D eigenvalue weighted by molar-refractivity contribution is -0.115. The Labute approximate surface area is 131 Å². The van der Waals surface area contributed by atoms with Crippen LogP contribution in [0.25, 0.3) is 0 Å². The zero-order chi connectivity index (χ0) is 15.2. The number of hydrogen-bond acceptors (Lipinski definition) is 3. The first-order chi connectivity index (χ1) is 10.1. The number of carbonyl (C=O) groups excluding carboxylic acids is 1. The molecule has 3 nitrogen and oxygen atoms in total. The topological polar surface area (TPSA) is 55.1 Å². The Morgan fingerprint density at radius 3 is 2.76 bits per heavy atom. The number of nitrogen functional groups attached to an aromatic ring is 1. The van der Waals surface area contributed by atoms with Crippen molar-refractivity contribution in [3.8, 4) is 0 Å². The van der Waals surface area contributed by atoms with E-state index in [0.717, 1.165) is 4.90 Å². The molecule has 0 saturated carbocycles. The summed E-state index contributed by atoms with van der Waals surface area (Å²) in [5, 5.41) is 3.10. The molecule has 0 spiro atoms. The number of nitrogens with two attached hydrogens (primary N) is 1. The Morgan fingerprint density at radius 1 is 1.29 bits per heavy atom. The van der Waals surface area contributed by atoms with E-state index in [4.69, 9.17) is 17.3 Å². The maximum Gasteiger partial charge on any atom is 0.225 e. The molecule has 0 radical (unpaired) electrons. The van der Waals surface area contributed by atoms with Gasteiger partial charge in [0.15, 0.2) is 0 Å². The van der Waals surface area contributed by atoms with Crippen LogP contribution in [-0.4, -0.2) is 11.7 Å². The summed E-state index contributed by atoms with van der Waals surface area (Å²) < 4.78 is 13.4. The molecule has 1 amide bonds. The van der Waals surface area contributed by atoms with Gasteiger partial charge < -0.3 is 11.1 Å². The van der Waals surface area contributed by atoms with Crippen molar-refractivity contribution in [3.05, 3.63) is 53.3 Å². The SMILES string of the molecule is Nc1ccc(SCCC(=O)Nc2ccccc2F)c(Cl)c1. The minimum Gasteiger partial charge on any atom is -0.399 e. The predicted molar refractivity (Wildman–Crippen MR) is 86.2 cm³/mol. The van der Waals surface area contributed by atoms with Crippen LogP contribution in [0.5, 0.6) is 0 Å². The van der Waals surface area contributed by atoms with Gasteiger partial charge in [-0.05, 0) is 30.3 Å². The number of thioether (sulfide) groups is 1. The Bertz CT molecular complexity index is 651. The second kappa shape index (κ2) is 7.33. The van der Waals surface area contributed by atoms with E-state index in [9.17, 15) is 9.18 Å². The molecule has 0 aliphatic rings. The summed E-state index contributed by atoms with van der Waals surface area (Å²) in [6.07, 6.45) is 0.264. The maximum atomic E-state index is 13.4. The fourth-order valence-electron chi connectivity index (χ4n) is 1.66. The first-order valence-electron chi connectivity index (χ1n) is 6.28. The molecular weight excluding hydrogens is 311 g/mol. The minimum absolute atomic E-state index is 0.193. The van der Waals surface area contributed by atoms with Crippen LogP contribution in [0, 0.1) is 5.82 Å². The third-order valence-corrected chi connectivity index (χ3v) is 4.19. The van der Waals surface area contributed by atoms with Crippen LogP contribution >= 0.6 is 23.4 Å². The molecule has 0 atom stereocenters. The highest BCUT2D eigenvalue weighted by Crippen LogP contribution is 2.29. The van der Waals surface area contributed by atoms with Gasteiger partial charge in [0, 0.05) is 22.8 Å². The first-order valence-corrected chi connectivity index (χ1v) is 7.65. The van der Waals surface area contributed by atoms with Gasteiger partial charge in [-0.15, -0.1) is 11.8 Å². The van der Waals surface area contributed by atoms with Crippen LogP contribution in [0.2, 0.25) is 5.02 Å². The van der Waals surface area contributed by atoms with E-state index in [-0.39, 0.29) is 18.0 Å². The van der Waals surface area contributed by atoms with Gasteiger partial charge in [-0.2, -0.15) is 0 Å². The Kier molecular flexibility index (Phi) is 5.47. The second-order valence-corrected chi connectivity index (χ2v) is 5.86. The standard InChI is InChI=1S/C15H14ClFN2OS/c16-11-9-10(18)5-6-14(11)21-8-7-15(20)19-13-4-2-1-3-12(13)17/h1-6,9H,7-8,18H2,(H,19,20). The molecule has 21 heavy (non-hydrogen) atoms. The summed E-state index contributed by atoms with van der Waals surface area (Å²) in [5.41, 5.74) is 6.40. The van der Waals surface area contributed by atoms with Crippen molar-refractivity contribution in [2.75, 3.05) is 16.8 Å². The number of hydrogen-bond donors (Lipinski definition) is 2. The Balaban J connectivity index is 1.83. The number of benzene rings is 2. The monoisotopic (exact) mass is 324 g/mol. The first kappa shape index (κ1) is 15.7. The molecule has 6 heteroatoms. The van der Waals surface area contributed by atoms with Crippen LogP contribution in [-0.2, 0) is 4.79 Å². The summed E-state index contributed by atoms with van der Waals surface area (Å²) >= 11 is 7.50. The molecule has 3 N–H and O–H groups in total. The van der Waals surface area contributed by atoms with Gasteiger partial charge >= 0.3 is 0 Å². The number of para-hydroxylation sites is 1. The second-order valence-electron chi connectivity index (χ2n) is 4.32. The third kappa shape index (κ3) is 4.65. The lowest BCUT2D eigenvalue weighted by Crippen LogP contribution is -2.13. The summed E-state index contributed by atoms with van der Waals surface area (Å²) in [6.45, 7) is 0. The molecule has 0 saturated heterocycles. The van der Waals surface area contributed by atoms with E-state index in [2.05, 4.69) is 5.32 Å². The molecule has 110 valence electrons. The molecule has 2 aromatic rings. The highest BCUT2D eigenvalue weighted by atomic mass is 35.5. The zero-order valence-corrected chi connectivity index (χ0v) is 12.7. The van der Waals surface area contributed by atoms with Gasteiger partial charge in [-0.3, -0.25) is 4.79 Å². The molecule has 0 bridgehead atoms. The summed E-state index contributed by atoms with van der Waals surface area (Å²) in [6, 6.07) is 11.3. The average molecular weight is 325 g/mol. The van der Waals surface area contributed by atoms with Gasteiger partial charge in [0.25, 0.3) is 0 Å². The van der Waals surface area contributed by atoms with Crippen molar-refractivity contribution in [2.45, 2.75) is 11.3 Å². The highest BCUT2D eigenvalue weighted by molar-refractivity contribution is 7.99. The summed E-state index contributed by atoms with van der Waals surface area (Å²) in [7, 11) is 0. The van der Waals surface area contributed by atoms with Gasteiger partial charge in [0.2, 0.25) is 5.91 Å². The fraction of sp³-hybridized carbons (Fsp3) is 0.133. The van der Waals surface area contributed by atoms with E-state index in [1.807, 2.05) is 6.07 Å².